The minimum atomic E-state index is -4.29. The molecule has 106 valence electrons. The van der Waals surface area contributed by atoms with E-state index in [1.165, 1.54) is 4.90 Å². The minimum absolute atomic E-state index is 0.0733. The van der Waals surface area contributed by atoms with Crippen LogP contribution in [0.3, 0.4) is 0 Å². The largest absolute Gasteiger partial charge is 0.405 e. The first-order chi connectivity index (χ1) is 8.61. The van der Waals surface area contributed by atoms with Crippen LogP contribution in [-0.4, -0.2) is 23.8 Å². The lowest BCUT2D eigenvalue weighted by Crippen LogP contribution is -2.40. The van der Waals surface area contributed by atoms with Crippen LogP contribution in [0, 0.1) is 0 Å². The van der Waals surface area contributed by atoms with Crippen LogP contribution in [-0.2, 0) is 0 Å². The fraction of sp³-hybridized carbons (Fsp3) is 0.417. The molecule has 0 saturated carbocycles. The molecule has 1 rings (SSSR count). The fourth-order valence-electron chi connectivity index (χ4n) is 1.70. The van der Waals surface area contributed by atoms with Gasteiger partial charge in [0.05, 0.1) is 0 Å². The first-order valence-electron chi connectivity index (χ1n) is 5.54. The lowest BCUT2D eigenvalue weighted by Gasteiger charge is -2.31. The average Bonchev–Trinajstić information content (AvgIpc) is 2.24. The Labute approximate surface area is 123 Å². The molecule has 0 saturated heterocycles. The van der Waals surface area contributed by atoms with Crippen molar-refractivity contribution in [1.82, 2.24) is 0 Å². The Bertz CT molecular complexity index is 475. The summed E-state index contributed by atoms with van der Waals surface area (Å²) in [5.41, 5.74) is 6.41. The molecular weight excluding hydrogens is 341 g/mol. The highest BCUT2D eigenvalue weighted by molar-refractivity contribution is 9.10. The molecule has 0 aromatic heterocycles. The van der Waals surface area contributed by atoms with E-state index in [2.05, 4.69) is 15.9 Å². The zero-order valence-electron chi connectivity index (χ0n) is 10.5. The third-order valence-electron chi connectivity index (χ3n) is 2.51. The number of anilines is 1. The number of hydrogen-bond donors (Lipinski definition) is 1. The molecule has 0 bridgehead atoms. The van der Waals surface area contributed by atoms with Gasteiger partial charge in [-0.3, -0.25) is 0 Å². The third kappa shape index (κ3) is 4.65. The van der Waals surface area contributed by atoms with Crippen LogP contribution in [0.15, 0.2) is 22.7 Å². The highest BCUT2D eigenvalue weighted by atomic mass is 79.9. The van der Waals surface area contributed by atoms with Gasteiger partial charge in [-0.15, -0.1) is 0 Å². The van der Waals surface area contributed by atoms with E-state index in [1.54, 1.807) is 32.0 Å². The van der Waals surface area contributed by atoms with Crippen LogP contribution in [0.4, 0.5) is 18.9 Å². The smallest absolute Gasteiger partial charge is 0.389 e. The van der Waals surface area contributed by atoms with Gasteiger partial charge in [-0.25, -0.2) is 0 Å². The Morgan fingerprint density at radius 3 is 2.42 bits per heavy atom. The molecule has 0 radical (unpaired) electrons. The zero-order chi connectivity index (χ0) is 14.8. The highest BCUT2D eigenvalue weighted by Crippen LogP contribution is 2.29. The van der Waals surface area contributed by atoms with Crippen molar-refractivity contribution in [3.8, 4) is 0 Å². The molecular formula is C12H14BrF3N2S. The zero-order valence-corrected chi connectivity index (χ0v) is 12.9. The molecule has 0 atom stereocenters. The number of thiocarbonyl (C=S) groups is 1. The first-order valence-corrected chi connectivity index (χ1v) is 6.74. The number of nitrogens with zero attached hydrogens (tertiary/aromatic N) is 1. The van der Waals surface area contributed by atoms with Crippen molar-refractivity contribution in [3.63, 3.8) is 0 Å². The van der Waals surface area contributed by atoms with Gasteiger partial charge >= 0.3 is 6.18 Å². The van der Waals surface area contributed by atoms with E-state index in [1.807, 2.05) is 0 Å². The first kappa shape index (κ1) is 16.2. The van der Waals surface area contributed by atoms with Crippen LogP contribution in [0.2, 0.25) is 0 Å². The number of nitrogens with two attached hydrogens (primary N) is 1. The predicted molar refractivity (Wildman–Crippen MR) is 78.6 cm³/mol. The molecule has 0 unspecified atom stereocenters. The summed E-state index contributed by atoms with van der Waals surface area (Å²) in [6.07, 6.45) is -4.29. The van der Waals surface area contributed by atoms with Gasteiger partial charge in [0.15, 0.2) is 0 Å². The van der Waals surface area contributed by atoms with Crippen LogP contribution in [0.1, 0.15) is 19.4 Å². The average molecular weight is 355 g/mol. The summed E-state index contributed by atoms with van der Waals surface area (Å²) in [6, 6.07) is 4.56. The van der Waals surface area contributed by atoms with Gasteiger partial charge in [-0.2, -0.15) is 13.2 Å². The van der Waals surface area contributed by atoms with Crippen molar-refractivity contribution < 1.29 is 13.2 Å². The van der Waals surface area contributed by atoms with Crippen molar-refractivity contribution in [2.24, 2.45) is 5.73 Å². The van der Waals surface area contributed by atoms with Crippen molar-refractivity contribution in [3.05, 3.63) is 28.2 Å². The van der Waals surface area contributed by atoms with Gasteiger partial charge in [0.2, 0.25) is 0 Å². The van der Waals surface area contributed by atoms with Gasteiger partial charge in [0.1, 0.15) is 11.5 Å². The van der Waals surface area contributed by atoms with Gasteiger partial charge < -0.3 is 10.6 Å². The Balaban J connectivity index is 3.27. The molecule has 0 aliphatic carbocycles. The predicted octanol–water partition coefficient (Wildman–Crippen LogP) is 3.86. The van der Waals surface area contributed by atoms with E-state index in [0.29, 0.717) is 11.3 Å². The lowest BCUT2D eigenvalue weighted by atomic mass is 10.1. The Morgan fingerprint density at radius 2 is 2.00 bits per heavy atom. The normalized spacial score (nSPS) is 11.7. The molecule has 0 spiro atoms. The van der Waals surface area contributed by atoms with E-state index in [-0.39, 0.29) is 11.0 Å². The Hall–Kier alpha value is -0.820. The molecule has 0 aliphatic heterocycles. The van der Waals surface area contributed by atoms with Crippen molar-refractivity contribution >= 4 is 38.8 Å². The number of benzene rings is 1. The molecule has 0 amide bonds. The topological polar surface area (TPSA) is 29.3 Å². The Morgan fingerprint density at radius 1 is 1.42 bits per heavy atom. The van der Waals surface area contributed by atoms with Gasteiger partial charge in [0, 0.05) is 21.8 Å². The molecule has 1 aromatic rings. The lowest BCUT2D eigenvalue weighted by molar-refractivity contribution is -0.120. The van der Waals surface area contributed by atoms with Crippen molar-refractivity contribution in [2.45, 2.75) is 26.1 Å². The van der Waals surface area contributed by atoms with Crippen molar-refractivity contribution in [1.29, 1.82) is 0 Å². The standard InChI is InChI=1S/C12H14BrF3N2S/c1-7(2)18(6-12(14,15)16)10-4-3-8(13)5-9(10)11(17)19/h3-5,7H,6H2,1-2H3,(H2,17,19). The van der Waals surface area contributed by atoms with E-state index >= 15 is 0 Å². The van der Waals surface area contributed by atoms with Gasteiger partial charge in [-0.1, -0.05) is 28.1 Å². The van der Waals surface area contributed by atoms with Crippen LogP contribution >= 0.6 is 28.1 Å². The maximum Gasteiger partial charge on any atom is 0.405 e. The SMILES string of the molecule is CC(C)N(CC(F)(F)F)c1ccc(Br)cc1C(N)=S. The van der Waals surface area contributed by atoms with Crippen LogP contribution in [0.5, 0.6) is 0 Å². The summed E-state index contributed by atoms with van der Waals surface area (Å²) in [7, 11) is 0. The van der Waals surface area contributed by atoms with E-state index in [9.17, 15) is 13.2 Å². The maximum absolute atomic E-state index is 12.6. The molecule has 1 aromatic carbocycles. The third-order valence-corrected chi connectivity index (χ3v) is 3.22. The number of halogens is 4. The minimum Gasteiger partial charge on any atom is -0.389 e. The summed E-state index contributed by atoms with van der Waals surface area (Å²) < 4.78 is 38.7. The molecule has 0 fully saturated rings. The van der Waals surface area contributed by atoms with E-state index in [0.717, 1.165) is 4.47 Å². The maximum atomic E-state index is 12.6. The van der Waals surface area contributed by atoms with Crippen LogP contribution < -0.4 is 10.6 Å². The number of rotatable bonds is 4. The van der Waals surface area contributed by atoms with Gasteiger partial charge in [0.25, 0.3) is 0 Å². The summed E-state index contributed by atoms with van der Waals surface area (Å²) >= 11 is 8.16. The van der Waals surface area contributed by atoms with Gasteiger partial charge in [-0.05, 0) is 32.0 Å². The Kier molecular flexibility index (Phi) is 5.20. The highest BCUT2D eigenvalue weighted by Gasteiger charge is 2.33. The monoisotopic (exact) mass is 354 g/mol. The number of hydrogen-bond acceptors (Lipinski definition) is 2. The summed E-state index contributed by atoms with van der Waals surface area (Å²) in [5.74, 6) is 0. The molecule has 7 heteroatoms. The molecule has 2 nitrogen and oxygen atoms in total. The second kappa shape index (κ2) is 6.09. The molecule has 2 N–H and O–H groups in total. The second-order valence-electron chi connectivity index (χ2n) is 4.36. The summed E-state index contributed by atoms with van der Waals surface area (Å²) in [4.78, 5) is 1.31. The van der Waals surface area contributed by atoms with Crippen LogP contribution in [0.25, 0.3) is 0 Å². The second-order valence-corrected chi connectivity index (χ2v) is 5.72. The number of alkyl halides is 3. The quantitative estimate of drug-likeness (QED) is 0.832. The molecule has 19 heavy (non-hydrogen) atoms. The fourth-order valence-corrected chi connectivity index (χ4v) is 2.22. The van der Waals surface area contributed by atoms with E-state index in [4.69, 9.17) is 18.0 Å². The van der Waals surface area contributed by atoms with E-state index < -0.39 is 12.7 Å². The summed E-state index contributed by atoms with van der Waals surface area (Å²) in [6.45, 7) is 2.34. The molecule has 0 heterocycles. The van der Waals surface area contributed by atoms with Crippen molar-refractivity contribution in [2.75, 3.05) is 11.4 Å². The molecule has 0 aliphatic rings. The summed E-state index contributed by atoms with van der Waals surface area (Å²) in [5, 5.41) is 0.